The van der Waals surface area contributed by atoms with Crippen LogP contribution < -0.4 is 10.6 Å². The Morgan fingerprint density at radius 3 is 2.71 bits per heavy atom. The minimum Gasteiger partial charge on any atom is -0.444 e. The molecular weight excluding hydrogens is 315 g/mol. The van der Waals surface area contributed by atoms with Gasteiger partial charge in [-0.05, 0) is 26.8 Å². The van der Waals surface area contributed by atoms with Crippen LogP contribution in [0.1, 0.15) is 38.2 Å². The molecule has 0 fully saturated rings. The van der Waals surface area contributed by atoms with Gasteiger partial charge in [0, 0.05) is 18.7 Å². The summed E-state index contributed by atoms with van der Waals surface area (Å²) in [5, 5.41) is 19.4. The maximum absolute atomic E-state index is 14.0. The zero-order valence-corrected chi connectivity index (χ0v) is 13.8. The number of hydrogen-bond donors (Lipinski definition) is 3. The fraction of sp³-hybridized carbons (Fsp3) is 0.467. The fourth-order valence-corrected chi connectivity index (χ4v) is 2.04. The summed E-state index contributed by atoms with van der Waals surface area (Å²) < 4.78 is 19.2. The van der Waals surface area contributed by atoms with Crippen molar-refractivity contribution in [2.24, 2.45) is 0 Å². The van der Waals surface area contributed by atoms with Gasteiger partial charge in [0.25, 0.3) is 0 Å². The third kappa shape index (κ3) is 5.27. The van der Waals surface area contributed by atoms with Crippen LogP contribution in [0.15, 0.2) is 24.3 Å². The van der Waals surface area contributed by atoms with E-state index in [1.165, 1.54) is 6.07 Å². The van der Waals surface area contributed by atoms with Gasteiger partial charge in [-0.2, -0.15) is 5.21 Å². The first-order chi connectivity index (χ1) is 11.4. The van der Waals surface area contributed by atoms with Crippen LogP contribution >= 0.6 is 0 Å². The summed E-state index contributed by atoms with van der Waals surface area (Å²) in [5.41, 5.74) is -0.158. The van der Waals surface area contributed by atoms with Crippen LogP contribution in [0, 0.1) is 5.82 Å². The maximum Gasteiger partial charge on any atom is 0.407 e. The SMILES string of the molecule is CC(C)(C)OC(=O)NCCNC(c1nn[nH]n1)c1ccccc1F. The summed E-state index contributed by atoms with van der Waals surface area (Å²) in [6.07, 6.45) is -0.508. The average Bonchev–Trinajstić information content (AvgIpc) is 3.01. The normalized spacial score (nSPS) is 12.7. The van der Waals surface area contributed by atoms with Crippen molar-refractivity contribution in [1.29, 1.82) is 0 Å². The molecule has 1 heterocycles. The van der Waals surface area contributed by atoms with Crippen LogP contribution in [0.3, 0.4) is 0 Å². The number of alkyl carbamates (subject to hydrolysis) is 1. The van der Waals surface area contributed by atoms with Gasteiger partial charge in [-0.15, -0.1) is 10.2 Å². The minimum absolute atomic E-state index is 0.303. The highest BCUT2D eigenvalue weighted by molar-refractivity contribution is 5.67. The molecule has 1 atom stereocenters. The summed E-state index contributed by atoms with van der Waals surface area (Å²) >= 11 is 0. The predicted octanol–water partition coefficient (Wildman–Crippen LogP) is 1.54. The van der Waals surface area contributed by atoms with Crippen molar-refractivity contribution in [3.63, 3.8) is 0 Å². The van der Waals surface area contributed by atoms with Crippen molar-refractivity contribution in [1.82, 2.24) is 31.3 Å². The second kappa shape index (κ2) is 7.82. The predicted molar refractivity (Wildman–Crippen MR) is 84.7 cm³/mol. The Labute approximate surface area is 139 Å². The average molecular weight is 336 g/mol. The molecule has 1 aromatic heterocycles. The lowest BCUT2D eigenvalue weighted by Gasteiger charge is -2.20. The summed E-state index contributed by atoms with van der Waals surface area (Å²) in [5.74, 6) is -0.0581. The van der Waals surface area contributed by atoms with E-state index in [9.17, 15) is 9.18 Å². The number of amides is 1. The van der Waals surface area contributed by atoms with Gasteiger partial charge >= 0.3 is 6.09 Å². The number of tetrazole rings is 1. The number of halogens is 1. The Morgan fingerprint density at radius 2 is 2.08 bits per heavy atom. The third-order valence-corrected chi connectivity index (χ3v) is 2.98. The lowest BCUT2D eigenvalue weighted by Crippen LogP contribution is -2.37. The van der Waals surface area contributed by atoms with Gasteiger partial charge in [0.15, 0.2) is 5.82 Å². The van der Waals surface area contributed by atoms with E-state index in [0.29, 0.717) is 24.5 Å². The van der Waals surface area contributed by atoms with E-state index in [1.54, 1.807) is 39.0 Å². The number of nitrogens with one attached hydrogen (secondary N) is 3. The third-order valence-electron chi connectivity index (χ3n) is 2.98. The molecule has 0 bridgehead atoms. The number of rotatable bonds is 6. The van der Waals surface area contributed by atoms with Gasteiger partial charge in [0.1, 0.15) is 11.4 Å². The second-order valence-electron chi connectivity index (χ2n) is 6.11. The zero-order chi connectivity index (χ0) is 17.6. The molecule has 2 aromatic rings. The molecule has 2 rings (SSSR count). The molecule has 1 aromatic carbocycles. The molecule has 8 nitrogen and oxygen atoms in total. The van der Waals surface area contributed by atoms with Gasteiger partial charge < -0.3 is 15.4 Å². The number of aromatic nitrogens is 4. The molecule has 1 unspecified atom stereocenters. The number of carbonyl (C=O) groups excluding carboxylic acids is 1. The summed E-state index contributed by atoms with van der Waals surface area (Å²) in [4.78, 5) is 11.6. The number of aromatic amines is 1. The molecule has 0 aliphatic heterocycles. The van der Waals surface area contributed by atoms with Crippen molar-refractivity contribution in [2.75, 3.05) is 13.1 Å². The van der Waals surface area contributed by atoms with Crippen LogP contribution in [-0.2, 0) is 4.74 Å². The van der Waals surface area contributed by atoms with E-state index in [4.69, 9.17) is 4.74 Å². The van der Waals surface area contributed by atoms with Crippen LogP contribution in [-0.4, -0.2) is 45.4 Å². The van der Waals surface area contributed by atoms with Crippen molar-refractivity contribution in [2.45, 2.75) is 32.4 Å². The first kappa shape index (κ1) is 17.8. The lowest BCUT2D eigenvalue weighted by atomic mass is 10.1. The van der Waals surface area contributed by atoms with Crippen LogP contribution in [0.2, 0.25) is 0 Å². The van der Waals surface area contributed by atoms with Crippen molar-refractivity contribution >= 4 is 6.09 Å². The summed E-state index contributed by atoms with van der Waals surface area (Å²) in [7, 11) is 0. The van der Waals surface area contributed by atoms with Crippen LogP contribution in [0.5, 0.6) is 0 Å². The molecule has 0 spiro atoms. The second-order valence-corrected chi connectivity index (χ2v) is 6.11. The maximum atomic E-state index is 14.0. The highest BCUT2D eigenvalue weighted by atomic mass is 19.1. The molecular formula is C15H21FN6O2. The lowest BCUT2D eigenvalue weighted by molar-refractivity contribution is 0.0528. The molecule has 3 N–H and O–H groups in total. The Morgan fingerprint density at radius 1 is 1.33 bits per heavy atom. The number of H-pyrrole nitrogens is 1. The van der Waals surface area contributed by atoms with Crippen LogP contribution in [0.4, 0.5) is 9.18 Å². The monoisotopic (exact) mass is 336 g/mol. The minimum atomic E-state index is -0.578. The Hall–Kier alpha value is -2.55. The topological polar surface area (TPSA) is 105 Å². The first-order valence-corrected chi connectivity index (χ1v) is 7.55. The number of hydrogen-bond acceptors (Lipinski definition) is 6. The molecule has 9 heteroatoms. The molecule has 0 aliphatic rings. The summed E-state index contributed by atoms with van der Waals surface area (Å²) in [6.45, 7) is 6.03. The molecule has 24 heavy (non-hydrogen) atoms. The molecule has 130 valence electrons. The molecule has 0 saturated carbocycles. The molecule has 1 amide bonds. The van der Waals surface area contributed by atoms with Crippen molar-refractivity contribution in [3.8, 4) is 0 Å². The first-order valence-electron chi connectivity index (χ1n) is 7.55. The highest BCUT2D eigenvalue weighted by Crippen LogP contribution is 2.20. The van der Waals surface area contributed by atoms with Gasteiger partial charge in [0.2, 0.25) is 0 Å². The van der Waals surface area contributed by atoms with Gasteiger partial charge in [-0.1, -0.05) is 23.4 Å². The molecule has 0 radical (unpaired) electrons. The zero-order valence-electron chi connectivity index (χ0n) is 13.8. The standard InChI is InChI=1S/C15H21FN6O2/c1-15(2,3)24-14(23)18-9-8-17-12(13-19-21-22-20-13)10-6-4-5-7-11(10)16/h4-7,12,17H,8-9H2,1-3H3,(H,18,23)(H,19,20,21,22). The van der Waals surface area contributed by atoms with Gasteiger partial charge in [-0.3, -0.25) is 0 Å². The largest absolute Gasteiger partial charge is 0.444 e. The number of nitrogens with zero attached hydrogens (tertiary/aromatic N) is 3. The van der Waals surface area contributed by atoms with E-state index < -0.39 is 17.7 Å². The smallest absolute Gasteiger partial charge is 0.407 e. The van der Waals surface area contributed by atoms with Crippen LogP contribution in [0.25, 0.3) is 0 Å². The van der Waals surface area contributed by atoms with Crippen molar-refractivity contribution in [3.05, 3.63) is 41.5 Å². The van der Waals surface area contributed by atoms with E-state index in [1.807, 2.05) is 0 Å². The Bertz CT molecular complexity index is 656. The Balaban J connectivity index is 1.94. The fourth-order valence-electron chi connectivity index (χ4n) is 2.04. The summed E-state index contributed by atoms with van der Waals surface area (Å²) in [6, 6.07) is 5.76. The Kier molecular flexibility index (Phi) is 5.80. The van der Waals surface area contributed by atoms with E-state index in [0.717, 1.165) is 0 Å². The highest BCUT2D eigenvalue weighted by Gasteiger charge is 2.21. The quantitative estimate of drug-likeness (QED) is 0.691. The van der Waals surface area contributed by atoms with Gasteiger partial charge in [0.05, 0.1) is 6.04 Å². The molecule has 0 aliphatic carbocycles. The van der Waals surface area contributed by atoms with Crippen molar-refractivity contribution < 1.29 is 13.9 Å². The number of benzene rings is 1. The van der Waals surface area contributed by atoms with E-state index >= 15 is 0 Å². The number of carbonyl (C=O) groups is 1. The number of ether oxygens (including phenoxy) is 1. The van der Waals surface area contributed by atoms with Gasteiger partial charge in [-0.25, -0.2) is 9.18 Å². The van der Waals surface area contributed by atoms with E-state index in [-0.39, 0.29) is 5.82 Å². The molecule has 0 saturated heterocycles. The van der Waals surface area contributed by atoms with E-state index in [2.05, 4.69) is 31.3 Å².